The van der Waals surface area contributed by atoms with Crippen LogP contribution < -0.4 is 10.5 Å². The van der Waals surface area contributed by atoms with Gasteiger partial charge in [0.15, 0.2) is 0 Å². The van der Waals surface area contributed by atoms with Gasteiger partial charge in [-0.25, -0.2) is 0 Å². The molecule has 1 atom stereocenters. The molecule has 1 fully saturated rings. The van der Waals surface area contributed by atoms with Crippen molar-refractivity contribution in [1.29, 1.82) is 0 Å². The van der Waals surface area contributed by atoms with Gasteiger partial charge in [0.05, 0.1) is 35.4 Å². The molecule has 29 heavy (non-hydrogen) atoms. The van der Waals surface area contributed by atoms with Crippen LogP contribution in [-0.2, 0) is 13.2 Å². The third kappa shape index (κ3) is 3.62. The Morgan fingerprint density at radius 1 is 1.21 bits per heavy atom. The molecular weight excluding hydrogens is 407 g/mol. The van der Waals surface area contributed by atoms with E-state index in [1.165, 1.54) is 18.3 Å². The third-order valence-electron chi connectivity index (χ3n) is 4.99. The predicted molar refractivity (Wildman–Crippen MR) is 102 cm³/mol. The average Bonchev–Trinajstić information content (AvgIpc) is 3.32. The van der Waals surface area contributed by atoms with E-state index in [0.717, 1.165) is 35.2 Å². The van der Waals surface area contributed by atoms with Crippen molar-refractivity contribution in [2.45, 2.75) is 25.1 Å². The molecule has 0 aliphatic carbocycles. The Morgan fingerprint density at radius 2 is 2.00 bits per heavy atom. The quantitative estimate of drug-likeness (QED) is 0.639. The van der Waals surface area contributed by atoms with Crippen molar-refractivity contribution in [2.24, 2.45) is 7.05 Å². The number of aromatic nitrogens is 4. The summed E-state index contributed by atoms with van der Waals surface area (Å²) in [6.07, 6.45) is 2.38. The van der Waals surface area contributed by atoms with Gasteiger partial charge in [-0.3, -0.25) is 9.48 Å². The molecule has 1 aliphatic rings. The van der Waals surface area contributed by atoms with Gasteiger partial charge in [0, 0.05) is 25.4 Å². The number of aryl methyl sites for hydroxylation is 1. The second kappa shape index (κ2) is 7.22. The normalized spacial score (nSPS) is 17.1. The first-order valence-electron chi connectivity index (χ1n) is 8.96. The summed E-state index contributed by atoms with van der Waals surface area (Å²) in [5, 5.41) is 8.22. The van der Waals surface area contributed by atoms with Crippen LogP contribution in [0.2, 0.25) is 5.02 Å². The van der Waals surface area contributed by atoms with Crippen molar-refractivity contribution in [3.63, 3.8) is 0 Å². The summed E-state index contributed by atoms with van der Waals surface area (Å²) in [6, 6.07) is 4.43. The maximum atomic E-state index is 13.0. The molecule has 0 saturated carbocycles. The molecule has 1 aliphatic heterocycles. The highest BCUT2D eigenvalue weighted by atomic mass is 35.5. The highest BCUT2D eigenvalue weighted by Crippen LogP contribution is 2.38. The predicted octanol–water partition coefficient (Wildman–Crippen LogP) is 3.98. The molecule has 1 unspecified atom stereocenters. The minimum Gasteiger partial charge on any atom is -0.362 e. The van der Waals surface area contributed by atoms with Crippen molar-refractivity contribution in [3.8, 4) is 5.69 Å². The Hall–Kier alpha value is -2.81. The van der Waals surface area contributed by atoms with Gasteiger partial charge in [0.1, 0.15) is 5.02 Å². The van der Waals surface area contributed by atoms with Crippen molar-refractivity contribution in [2.75, 3.05) is 11.4 Å². The first kappa shape index (κ1) is 19.5. The van der Waals surface area contributed by atoms with Crippen molar-refractivity contribution >= 4 is 17.3 Å². The highest BCUT2D eigenvalue weighted by Gasteiger charge is 2.32. The molecule has 1 saturated heterocycles. The van der Waals surface area contributed by atoms with Crippen molar-refractivity contribution in [3.05, 3.63) is 69.4 Å². The van der Waals surface area contributed by atoms with Crippen LogP contribution in [0.4, 0.5) is 18.9 Å². The molecule has 4 rings (SSSR count). The SMILES string of the molecule is Cn1cc(C2CCCN2c2cnn(-c3cccc(C(F)(F)F)c3)c(=O)c2Cl)cn1. The molecule has 0 bridgehead atoms. The minimum atomic E-state index is -4.52. The molecular formula is C19H17ClF3N5O. The van der Waals surface area contributed by atoms with E-state index < -0.39 is 17.3 Å². The van der Waals surface area contributed by atoms with Crippen LogP contribution in [0.5, 0.6) is 0 Å². The Balaban J connectivity index is 1.72. The summed E-state index contributed by atoms with van der Waals surface area (Å²) in [5.41, 5.74) is -0.0571. The lowest BCUT2D eigenvalue weighted by Crippen LogP contribution is -2.28. The minimum absolute atomic E-state index is 0.00325. The van der Waals surface area contributed by atoms with Crippen LogP contribution in [0.25, 0.3) is 5.69 Å². The molecule has 10 heteroatoms. The molecule has 3 heterocycles. The monoisotopic (exact) mass is 423 g/mol. The number of hydrogen-bond donors (Lipinski definition) is 0. The van der Waals surface area contributed by atoms with Crippen molar-refractivity contribution < 1.29 is 13.2 Å². The van der Waals surface area contributed by atoms with E-state index in [9.17, 15) is 18.0 Å². The molecule has 1 aromatic carbocycles. The van der Waals surface area contributed by atoms with Gasteiger partial charge in [-0.05, 0) is 31.0 Å². The zero-order valence-electron chi connectivity index (χ0n) is 15.4. The number of alkyl halides is 3. The van der Waals surface area contributed by atoms with Gasteiger partial charge in [0.2, 0.25) is 0 Å². The molecule has 3 aromatic rings. The van der Waals surface area contributed by atoms with Gasteiger partial charge in [-0.1, -0.05) is 17.7 Å². The van der Waals surface area contributed by atoms with E-state index in [4.69, 9.17) is 11.6 Å². The molecule has 6 nitrogen and oxygen atoms in total. The number of anilines is 1. The molecule has 0 N–H and O–H groups in total. The smallest absolute Gasteiger partial charge is 0.362 e. The van der Waals surface area contributed by atoms with Crippen LogP contribution >= 0.6 is 11.6 Å². The second-order valence-corrected chi connectivity index (χ2v) is 7.29. The molecule has 0 spiro atoms. The van der Waals surface area contributed by atoms with Crippen LogP contribution in [0.15, 0.2) is 47.7 Å². The van der Waals surface area contributed by atoms with Crippen LogP contribution in [0, 0.1) is 0 Å². The van der Waals surface area contributed by atoms with E-state index in [-0.39, 0.29) is 16.8 Å². The van der Waals surface area contributed by atoms with Gasteiger partial charge in [0.25, 0.3) is 5.56 Å². The van der Waals surface area contributed by atoms with E-state index in [1.54, 1.807) is 10.9 Å². The first-order valence-corrected chi connectivity index (χ1v) is 9.34. The maximum absolute atomic E-state index is 13.0. The number of rotatable bonds is 3. The van der Waals surface area contributed by atoms with E-state index in [0.29, 0.717) is 12.2 Å². The largest absolute Gasteiger partial charge is 0.416 e. The van der Waals surface area contributed by atoms with Gasteiger partial charge in [-0.2, -0.15) is 28.1 Å². The Bertz CT molecular complexity index is 1110. The Labute approximate surface area is 169 Å². The topological polar surface area (TPSA) is 56.0 Å². The standard InChI is InChI=1S/C19H17ClF3N5O/c1-26-11-12(9-24-26)15-6-3-7-27(15)16-10-25-28(18(29)17(16)20)14-5-2-4-13(8-14)19(21,22)23/h2,4-5,8-11,15H,3,6-7H2,1H3. The average molecular weight is 424 g/mol. The lowest BCUT2D eigenvalue weighted by atomic mass is 10.1. The first-order chi connectivity index (χ1) is 13.8. The lowest BCUT2D eigenvalue weighted by molar-refractivity contribution is -0.137. The summed E-state index contributed by atoms with van der Waals surface area (Å²) >= 11 is 6.36. The fourth-order valence-electron chi connectivity index (χ4n) is 3.64. The third-order valence-corrected chi connectivity index (χ3v) is 5.35. The number of hydrogen-bond acceptors (Lipinski definition) is 4. The summed E-state index contributed by atoms with van der Waals surface area (Å²) in [6.45, 7) is 0.688. The molecule has 2 aromatic heterocycles. The van der Waals surface area contributed by atoms with E-state index in [2.05, 4.69) is 10.2 Å². The van der Waals surface area contributed by atoms with Crippen molar-refractivity contribution in [1.82, 2.24) is 19.6 Å². The Kier molecular flexibility index (Phi) is 4.85. The highest BCUT2D eigenvalue weighted by molar-refractivity contribution is 6.33. The molecule has 0 radical (unpaired) electrons. The lowest BCUT2D eigenvalue weighted by Gasteiger charge is -2.26. The summed E-state index contributed by atoms with van der Waals surface area (Å²) in [5.74, 6) is 0. The molecule has 152 valence electrons. The summed E-state index contributed by atoms with van der Waals surface area (Å²) in [7, 11) is 1.83. The van der Waals surface area contributed by atoms with Gasteiger partial charge >= 0.3 is 6.18 Å². The number of halogens is 4. The van der Waals surface area contributed by atoms with Crippen LogP contribution in [0.3, 0.4) is 0 Å². The summed E-state index contributed by atoms with van der Waals surface area (Å²) in [4.78, 5) is 14.8. The number of nitrogens with zero attached hydrogens (tertiary/aromatic N) is 5. The second-order valence-electron chi connectivity index (χ2n) is 6.91. The molecule has 0 amide bonds. The fraction of sp³-hybridized carbons (Fsp3) is 0.316. The zero-order chi connectivity index (χ0) is 20.8. The zero-order valence-corrected chi connectivity index (χ0v) is 16.2. The van der Waals surface area contributed by atoms with Gasteiger partial charge in [-0.15, -0.1) is 0 Å². The fourth-order valence-corrected chi connectivity index (χ4v) is 3.87. The number of benzene rings is 1. The van der Waals surface area contributed by atoms with Crippen LogP contribution in [-0.4, -0.2) is 26.1 Å². The van der Waals surface area contributed by atoms with Crippen LogP contribution in [0.1, 0.15) is 30.0 Å². The summed E-state index contributed by atoms with van der Waals surface area (Å²) < 4.78 is 41.6. The Morgan fingerprint density at radius 3 is 2.69 bits per heavy atom. The van der Waals surface area contributed by atoms with Gasteiger partial charge < -0.3 is 4.90 Å². The maximum Gasteiger partial charge on any atom is 0.416 e. The van der Waals surface area contributed by atoms with E-state index in [1.807, 2.05) is 18.1 Å². The van der Waals surface area contributed by atoms with E-state index >= 15 is 0 Å².